The van der Waals surface area contributed by atoms with Gasteiger partial charge in [-0.3, -0.25) is 29.1 Å². The van der Waals surface area contributed by atoms with E-state index in [1.165, 1.54) is 10.8 Å². The maximum absolute atomic E-state index is 13.3. The van der Waals surface area contributed by atoms with Gasteiger partial charge in [0, 0.05) is 81.8 Å². The smallest absolute Gasteiger partial charge is 0.475 e. The average molecular weight is 1040 g/mol. The van der Waals surface area contributed by atoms with Crippen molar-refractivity contribution in [1.29, 1.82) is 0 Å². The second-order valence-electron chi connectivity index (χ2n) is 16.5. The minimum absolute atomic E-state index is 0.0769. The van der Waals surface area contributed by atoms with Gasteiger partial charge in [0.15, 0.2) is 5.76 Å². The number of aliphatic carboxylic acids is 1. The minimum Gasteiger partial charge on any atom is -0.475 e. The van der Waals surface area contributed by atoms with E-state index in [4.69, 9.17) is 31.7 Å². The van der Waals surface area contributed by atoms with Crippen LogP contribution in [0.25, 0.3) is 28.5 Å². The van der Waals surface area contributed by atoms with E-state index < -0.39 is 18.1 Å². The second kappa shape index (κ2) is 24.7. The van der Waals surface area contributed by atoms with Crippen LogP contribution in [0, 0.1) is 6.92 Å². The number of hydrogen-bond acceptors (Lipinski definition) is 16. The Kier molecular flexibility index (Phi) is 17.8. The number of aromatic nitrogens is 7. The Hall–Kier alpha value is -8.55. The summed E-state index contributed by atoms with van der Waals surface area (Å²) >= 11 is 6.89. The van der Waals surface area contributed by atoms with Crippen molar-refractivity contribution >= 4 is 70.2 Å². The normalized spacial score (nSPS) is 13.1. The van der Waals surface area contributed by atoms with Gasteiger partial charge in [0.1, 0.15) is 11.4 Å². The molecule has 22 nitrogen and oxygen atoms in total. The number of pyridine rings is 2. The van der Waals surface area contributed by atoms with Crippen LogP contribution in [-0.2, 0) is 27.5 Å². The number of nitrogens with one attached hydrogen (secondary N) is 7. The molecule has 0 aliphatic carbocycles. The number of carbonyl (C=O) groups excluding carboxylic acids is 4. The van der Waals surface area contributed by atoms with Crippen LogP contribution in [0.4, 0.5) is 36.4 Å². The zero-order chi connectivity index (χ0) is 52.8. The van der Waals surface area contributed by atoms with Gasteiger partial charge in [0.25, 0.3) is 17.6 Å². The molecule has 1 saturated heterocycles. The molecule has 0 radical (unpaired) electrons. The Morgan fingerprint density at radius 2 is 1.51 bits per heavy atom. The molecule has 10 N–H and O–H groups in total. The van der Waals surface area contributed by atoms with E-state index in [-0.39, 0.29) is 52.8 Å². The number of alkyl halides is 3. The Morgan fingerprint density at radius 1 is 0.851 bits per heavy atom. The first kappa shape index (κ1) is 53.3. The van der Waals surface area contributed by atoms with Gasteiger partial charge in [0.2, 0.25) is 29.5 Å². The highest BCUT2D eigenvalue weighted by molar-refractivity contribution is 6.36. The number of fused-ring (bicyclic) bond motifs is 1. The molecule has 1 atom stereocenters. The summed E-state index contributed by atoms with van der Waals surface area (Å²) in [6, 6.07) is 21.4. The number of rotatable bonds is 20. The summed E-state index contributed by atoms with van der Waals surface area (Å²) in [5.74, 6) is -2.07. The number of amides is 4. The third-order valence-electron chi connectivity index (χ3n) is 11.1. The number of nitrogens with two attached hydrogens (primary N) is 1. The monoisotopic (exact) mass is 1040 g/mol. The van der Waals surface area contributed by atoms with Gasteiger partial charge in [0.05, 0.1) is 17.0 Å². The molecule has 74 heavy (non-hydrogen) atoms. The van der Waals surface area contributed by atoms with Crippen molar-refractivity contribution in [3.05, 3.63) is 125 Å². The summed E-state index contributed by atoms with van der Waals surface area (Å²) in [6.45, 7) is 4.99. The fourth-order valence-corrected chi connectivity index (χ4v) is 7.55. The number of hydrogen-bond donors (Lipinski definition) is 9. The number of carbonyl (C=O) groups is 5. The minimum atomic E-state index is -5.08. The van der Waals surface area contributed by atoms with Gasteiger partial charge in [-0.25, -0.2) is 4.79 Å². The summed E-state index contributed by atoms with van der Waals surface area (Å²) in [5.41, 5.74) is 11.5. The molecule has 0 spiro atoms. The van der Waals surface area contributed by atoms with Crippen LogP contribution in [0.2, 0.25) is 5.02 Å². The molecule has 0 bridgehead atoms. The lowest BCUT2D eigenvalue weighted by atomic mass is 9.98. The predicted octanol–water partition coefficient (Wildman–Crippen LogP) is 5.38. The first-order valence-electron chi connectivity index (χ1n) is 22.9. The summed E-state index contributed by atoms with van der Waals surface area (Å²) in [5, 5.41) is 33.1. The standard InChI is InChI=1S/C46H48ClN15O5.C2HF3O2/c1-27-31(32-7-3-9-34(40(32)47)57-43(66)36-16-13-29(25-54-36)23-50-26-30-14-17-39(64)55-30)6-2-8-33(27)56-42(65)35-15-12-28(24-53-35)22-49-19-20-51-38(63)11-4-18-52-45-59-44(48)62-46(60-45)58-41(61-62)37-10-5-21-67-37;3-2(4,5)1(6)7/h2-3,5-10,12-13,15-16,21,24-25,30,49-50H,4,11,14,17-20,22-23,26H2,1H3,(H,51,63)(H,55,64)(H,56,65)(H,57,66)(H3,48,52,58,59,60,61);(H,6,7)/t30-;/m0./s1. The summed E-state index contributed by atoms with van der Waals surface area (Å²) in [7, 11) is 0. The molecular formula is C48H49ClF3N15O7. The van der Waals surface area contributed by atoms with Gasteiger partial charge in [-0.2, -0.15) is 32.6 Å². The van der Waals surface area contributed by atoms with Crippen LogP contribution in [0.1, 0.15) is 63.4 Å². The molecular weight excluding hydrogens is 991 g/mol. The molecule has 7 aromatic rings. The molecule has 26 heteroatoms. The van der Waals surface area contributed by atoms with Crippen molar-refractivity contribution in [3.63, 3.8) is 0 Å². The van der Waals surface area contributed by atoms with Crippen molar-refractivity contribution in [3.8, 4) is 22.7 Å². The molecule has 0 unspecified atom stereocenters. The lowest BCUT2D eigenvalue weighted by molar-refractivity contribution is -0.192. The van der Waals surface area contributed by atoms with E-state index in [0.29, 0.717) is 92.1 Å². The van der Waals surface area contributed by atoms with Gasteiger partial charge < -0.3 is 52.5 Å². The van der Waals surface area contributed by atoms with Crippen molar-refractivity contribution in [2.45, 2.75) is 57.9 Å². The van der Waals surface area contributed by atoms with E-state index in [2.05, 4.69) is 67.2 Å². The van der Waals surface area contributed by atoms with Gasteiger partial charge >= 0.3 is 12.1 Å². The Labute approximate surface area is 424 Å². The van der Waals surface area contributed by atoms with Crippen molar-refractivity contribution in [1.82, 2.24) is 55.8 Å². The lowest BCUT2D eigenvalue weighted by Gasteiger charge is -2.16. The van der Waals surface area contributed by atoms with Crippen LogP contribution in [0.15, 0.2) is 95.9 Å². The third kappa shape index (κ3) is 14.5. The Bertz CT molecular complexity index is 3100. The van der Waals surface area contributed by atoms with Crippen LogP contribution >= 0.6 is 11.6 Å². The Balaban J connectivity index is 0.00000107. The average Bonchev–Trinajstić information content (AvgIpc) is 4.17. The number of anilines is 4. The molecule has 0 saturated carbocycles. The van der Waals surface area contributed by atoms with Crippen LogP contribution in [0.5, 0.6) is 0 Å². The van der Waals surface area contributed by atoms with Crippen molar-refractivity contribution in [2.24, 2.45) is 0 Å². The molecule has 4 amide bonds. The largest absolute Gasteiger partial charge is 0.490 e. The summed E-state index contributed by atoms with van der Waals surface area (Å²) in [4.78, 5) is 80.9. The molecule has 2 aromatic carbocycles. The van der Waals surface area contributed by atoms with E-state index in [1.54, 1.807) is 54.9 Å². The number of carboxylic acid groups (broad SMARTS) is 1. The van der Waals surface area contributed by atoms with Gasteiger partial charge in [-0.15, -0.1) is 5.10 Å². The summed E-state index contributed by atoms with van der Waals surface area (Å²) < 4.78 is 38.4. The number of carboxylic acids is 1. The highest BCUT2D eigenvalue weighted by Gasteiger charge is 2.38. The SMILES string of the molecule is Cc1c(NC(=O)c2ccc(CNCCNC(=O)CCCNc3nc(N)n4nc(-c5ccco5)nc4n3)cn2)cccc1-c1cccc(NC(=O)c2ccc(CNC[C@@H]3CCC(=O)N3)cn2)c1Cl.O=C(O)C(F)(F)F. The van der Waals surface area contributed by atoms with E-state index in [9.17, 15) is 32.3 Å². The van der Waals surface area contributed by atoms with E-state index in [1.807, 2.05) is 37.3 Å². The topological polar surface area (TPSA) is 311 Å². The highest BCUT2D eigenvalue weighted by Crippen LogP contribution is 2.37. The number of nitrogens with zero attached hydrogens (tertiary/aromatic N) is 7. The fraction of sp³-hybridized carbons (Fsp3) is 0.271. The third-order valence-corrected chi connectivity index (χ3v) is 11.5. The number of halogens is 4. The van der Waals surface area contributed by atoms with E-state index >= 15 is 0 Å². The molecule has 386 valence electrons. The maximum Gasteiger partial charge on any atom is 0.490 e. The quantitative estimate of drug-likeness (QED) is 0.0433. The molecule has 8 rings (SSSR count). The molecule has 1 aliphatic heterocycles. The number of furan rings is 1. The molecule has 1 fully saturated rings. The first-order chi connectivity index (χ1) is 35.5. The molecule has 6 heterocycles. The van der Waals surface area contributed by atoms with Crippen LogP contribution in [0.3, 0.4) is 0 Å². The number of benzene rings is 2. The first-order valence-corrected chi connectivity index (χ1v) is 23.3. The predicted molar refractivity (Wildman–Crippen MR) is 266 cm³/mol. The van der Waals surface area contributed by atoms with Gasteiger partial charge in [-0.05, 0) is 78.4 Å². The van der Waals surface area contributed by atoms with Gasteiger partial charge in [-0.1, -0.05) is 48.0 Å². The molecule has 5 aromatic heterocycles. The van der Waals surface area contributed by atoms with Crippen molar-refractivity contribution < 1.29 is 46.7 Å². The molecule has 1 aliphatic rings. The second-order valence-corrected chi connectivity index (χ2v) is 16.9. The van der Waals surface area contributed by atoms with Crippen LogP contribution < -0.4 is 43.0 Å². The zero-order valence-electron chi connectivity index (χ0n) is 39.4. The summed E-state index contributed by atoms with van der Waals surface area (Å²) in [6.07, 6.45) is 1.93. The van der Waals surface area contributed by atoms with E-state index in [0.717, 1.165) is 28.7 Å². The number of nitrogen functional groups attached to an aromatic ring is 1. The van der Waals surface area contributed by atoms with Crippen LogP contribution in [-0.4, -0.2) is 108 Å². The maximum atomic E-state index is 13.3. The lowest BCUT2D eigenvalue weighted by Crippen LogP contribution is -2.35. The Morgan fingerprint density at radius 3 is 2.14 bits per heavy atom. The zero-order valence-corrected chi connectivity index (χ0v) is 40.2. The highest BCUT2D eigenvalue weighted by atomic mass is 35.5. The fourth-order valence-electron chi connectivity index (χ4n) is 7.28. The van der Waals surface area contributed by atoms with Crippen molar-refractivity contribution in [2.75, 3.05) is 47.9 Å².